The zero-order valence-electron chi connectivity index (χ0n) is 6.13. The first-order valence-electron chi connectivity index (χ1n) is 3.29. The van der Waals surface area contributed by atoms with Crippen molar-refractivity contribution in [1.29, 1.82) is 0 Å². The van der Waals surface area contributed by atoms with Crippen LogP contribution in [0.15, 0.2) is 12.2 Å². The molecule has 0 bridgehead atoms. The van der Waals surface area contributed by atoms with Crippen molar-refractivity contribution in [2.24, 2.45) is 5.73 Å². The number of nitrogens with two attached hydrogens (primary N) is 1. The van der Waals surface area contributed by atoms with Crippen molar-refractivity contribution in [1.82, 2.24) is 0 Å². The molecule has 0 aromatic rings. The summed E-state index contributed by atoms with van der Waals surface area (Å²) < 4.78 is 5.20. The molecule has 0 amide bonds. The van der Waals surface area contributed by atoms with Crippen LogP contribution in [0.2, 0.25) is 0 Å². The summed E-state index contributed by atoms with van der Waals surface area (Å²) in [6.07, 6.45) is 4.07. The predicted molar refractivity (Wildman–Crippen MR) is 39.3 cm³/mol. The molecule has 0 aliphatic rings. The molecule has 1 unspecified atom stereocenters. The topological polar surface area (TPSA) is 35.2 Å². The molecule has 0 saturated carbocycles. The maximum atomic E-state index is 5.23. The number of ether oxygens (including phenoxy) is 1. The zero-order valence-corrected chi connectivity index (χ0v) is 6.13. The van der Waals surface area contributed by atoms with Crippen LogP contribution in [0.3, 0.4) is 0 Å². The highest BCUT2D eigenvalue weighted by atomic mass is 16.5. The lowest BCUT2D eigenvalue weighted by atomic mass is 10.3. The molecule has 0 aliphatic carbocycles. The third kappa shape index (κ3) is 5.53. The Bertz CT molecular complexity index is 81.0. The van der Waals surface area contributed by atoms with Gasteiger partial charge in [0.25, 0.3) is 0 Å². The normalized spacial score (nSPS) is 14.6. The minimum absolute atomic E-state index is 0.207. The number of rotatable bonds is 4. The lowest BCUT2D eigenvalue weighted by molar-refractivity contribution is 0.109. The Balaban J connectivity index is 3.25. The molecule has 2 N–H and O–H groups in total. The van der Waals surface area contributed by atoms with Crippen molar-refractivity contribution in [2.75, 3.05) is 13.2 Å². The average Bonchev–Trinajstić information content (AvgIpc) is 1.85. The first kappa shape index (κ1) is 8.66. The highest BCUT2D eigenvalue weighted by molar-refractivity contribution is 4.87. The Morgan fingerprint density at radius 2 is 2.33 bits per heavy atom. The van der Waals surface area contributed by atoms with Crippen molar-refractivity contribution < 1.29 is 4.74 Å². The van der Waals surface area contributed by atoms with E-state index in [9.17, 15) is 0 Å². The molecule has 0 radical (unpaired) electrons. The van der Waals surface area contributed by atoms with Gasteiger partial charge in [0.15, 0.2) is 0 Å². The van der Waals surface area contributed by atoms with E-state index in [1.807, 2.05) is 26.0 Å². The van der Waals surface area contributed by atoms with Crippen molar-refractivity contribution in [3.8, 4) is 0 Å². The van der Waals surface area contributed by atoms with Gasteiger partial charge in [0.2, 0.25) is 0 Å². The predicted octanol–water partition coefficient (Wildman–Crippen LogP) is 0.926. The second kappa shape index (κ2) is 5.79. The summed E-state index contributed by atoms with van der Waals surface area (Å²) in [6.45, 7) is 5.33. The fourth-order valence-electron chi connectivity index (χ4n) is 0.589. The molecule has 1 atom stereocenters. The quantitative estimate of drug-likeness (QED) is 0.573. The summed E-state index contributed by atoms with van der Waals surface area (Å²) >= 11 is 0. The van der Waals surface area contributed by atoms with Gasteiger partial charge in [0, 0.05) is 13.2 Å². The Morgan fingerprint density at radius 3 is 2.78 bits per heavy atom. The van der Waals surface area contributed by atoms with Gasteiger partial charge in [-0.15, -0.1) is 0 Å². The van der Waals surface area contributed by atoms with Gasteiger partial charge in [0.05, 0.1) is 6.10 Å². The van der Waals surface area contributed by atoms with Crippen LogP contribution >= 0.6 is 0 Å². The van der Waals surface area contributed by atoms with E-state index in [-0.39, 0.29) is 6.10 Å². The minimum atomic E-state index is 0.207. The third-order valence-corrected chi connectivity index (χ3v) is 0.973. The standard InChI is InChI=1S/C7H15NO/c1-3-9-7(2)5-4-6-8/h4-5,7H,3,6,8H2,1-2H3/b5-4+. The molecule has 0 heterocycles. The molecule has 0 aliphatic heterocycles. The zero-order chi connectivity index (χ0) is 7.11. The van der Waals surface area contributed by atoms with Crippen LogP contribution in [0.4, 0.5) is 0 Å². The van der Waals surface area contributed by atoms with Crippen LogP contribution in [-0.2, 0) is 4.74 Å². The van der Waals surface area contributed by atoms with Crippen molar-refractivity contribution in [3.05, 3.63) is 12.2 Å². The first-order chi connectivity index (χ1) is 4.31. The molecule has 9 heavy (non-hydrogen) atoms. The van der Waals surface area contributed by atoms with Crippen molar-refractivity contribution in [2.45, 2.75) is 20.0 Å². The Labute approximate surface area is 56.7 Å². The average molecular weight is 129 g/mol. The summed E-state index contributed by atoms with van der Waals surface area (Å²) in [6, 6.07) is 0. The minimum Gasteiger partial charge on any atom is -0.375 e. The number of hydrogen-bond donors (Lipinski definition) is 1. The monoisotopic (exact) mass is 129 g/mol. The van der Waals surface area contributed by atoms with Crippen molar-refractivity contribution in [3.63, 3.8) is 0 Å². The largest absolute Gasteiger partial charge is 0.375 e. The molecule has 0 spiro atoms. The van der Waals surface area contributed by atoms with Crippen LogP contribution < -0.4 is 5.73 Å². The van der Waals surface area contributed by atoms with E-state index < -0.39 is 0 Å². The fraction of sp³-hybridized carbons (Fsp3) is 0.714. The highest BCUT2D eigenvalue weighted by Gasteiger charge is 1.90. The molecule has 0 rings (SSSR count). The Kier molecular flexibility index (Phi) is 5.57. The van der Waals surface area contributed by atoms with Crippen LogP contribution in [0.1, 0.15) is 13.8 Å². The van der Waals surface area contributed by atoms with E-state index >= 15 is 0 Å². The molecule has 2 nitrogen and oxygen atoms in total. The van der Waals surface area contributed by atoms with E-state index in [1.165, 1.54) is 0 Å². The molecule has 0 aromatic carbocycles. The van der Waals surface area contributed by atoms with E-state index in [0.29, 0.717) is 6.54 Å². The molecule has 0 saturated heterocycles. The van der Waals surface area contributed by atoms with Gasteiger partial charge in [-0.25, -0.2) is 0 Å². The molecular formula is C7H15NO. The molecule has 0 aromatic heterocycles. The van der Waals surface area contributed by atoms with Gasteiger partial charge >= 0.3 is 0 Å². The van der Waals surface area contributed by atoms with Gasteiger partial charge in [-0.05, 0) is 13.8 Å². The van der Waals surface area contributed by atoms with Gasteiger partial charge in [-0.3, -0.25) is 0 Å². The summed E-state index contributed by atoms with van der Waals surface area (Å²) in [5, 5.41) is 0. The second-order valence-corrected chi connectivity index (χ2v) is 1.82. The Morgan fingerprint density at radius 1 is 1.67 bits per heavy atom. The second-order valence-electron chi connectivity index (χ2n) is 1.82. The lowest BCUT2D eigenvalue weighted by Crippen LogP contribution is -2.04. The van der Waals surface area contributed by atoms with Gasteiger partial charge < -0.3 is 10.5 Å². The number of hydrogen-bond acceptors (Lipinski definition) is 2. The van der Waals surface area contributed by atoms with E-state index in [2.05, 4.69) is 0 Å². The van der Waals surface area contributed by atoms with Crippen LogP contribution in [0.5, 0.6) is 0 Å². The summed E-state index contributed by atoms with van der Waals surface area (Å²) in [5.74, 6) is 0. The van der Waals surface area contributed by atoms with Crippen LogP contribution in [0.25, 0.3) is 0 Å². The van der Waals surface area contributed by atoms with Crippen molar-refractivity contribution >= 4 is 0 Å². The maximum Gasteiger partial charge on any atom is 0.0727 e. The van der Waals surface area contributed by atoms with E-state index in [0.717, 1.165) is 6.61 Å². The molecule has 0 fully saturated rings. The Hall–Kier alpha value is -0.340. The van der Waals surface area contributed by atoms with E-state index in [4.69, 9.17) is 10.5 Å². The summed E-state index contributed by atoms with van der Waals surface area (Å²) in [4.78, 5) is 0. The van der Waals surface area contributed by atoms with E-state index in [1.54, 1.807) is 0 Å². The van der Waals surface area contributed by atoms with Gasteiger partial charge in [-0.2, -0.15) is 0 Å². The van der Waals surface area contributed by atoms with Crippen LogP contribution in [-0.4, -0.2) is 19.3 Å². The summed E-state index contributed by atoms with van der Waals surface area (Å²) in [7, 11) is 0. The first-order valence-corrected chi connectivity index (χ1v) is 3.29. The highest BCUT2D eigenvalue weighted by Crippen LogP contribution is 1.90. The SMILES string of the molecule is CCOC(C)/C=C/CN. The molecule has 54 valence electrons. The van der Waals surface area contributed by atoms with Gasteiger partial charge in [-0.1, -0.05) is 12.2 Å². The molecular weight excluding hydrogens is 114 g/mol. The van der Waals surface area contributed by atoms with Crippen LogP contribution in [0, 0.1) is 0 Å². The lowest BCUT2D eigenvalue weighted by Gasteiger charge is -2.03. The van der Waals surface area contributed by atoms with Gasteiger partial charge in [0.1, 0.15) is 0 Å². The third-order valence-electron chi connectivity index (χ3n) is 0.973. The molecule has 2 heteroatoms. The summed E-state index contributed by atoms with van der Waals surface area (Å²) in [5.41, 5.74) is 5.23. The fourth-order valence-corrected chi connectivity index (χ4v) is 0.589. The maximum absolute atomic E-state index is 5.23. The smallest absolute Gasteiger partial charge is 0.0727 e.